The number of benzene rings is 2. The van der Waals surface area contributed by atoms with Gasteiger partial charge in [-0.05, 0) is 50.2 Å². The second kappa shape index (κ2) is 7.84. The fourth-order valence-electron chi connectivity index (χ4n) is 3.02. The first kappa shape index (κ1) is 20.5. The van der Waals surface area contributed by atoms with E-state index in [1.54, 1.807) is 50.5 Å². The zero-order chi connectivity index (χ0) is 22.2. The maximum absolute atomic E-state index is 12.5. The van der Waals surface area contributed by atoms with Gasteiger partial charge in [-0.3, -0.25) is 4.79 Å². The van der Waals surface area contributed by atoms with Crippen LogP contribution in [0.4, 0.5) is 5.69 Å². The van der Waals surface area contributed by atoms with Crippen LogP contribution in [0.25, 0.3) is 22.4 Å². The number of nitrogens with one attached hydrogen (secondary N) is 2. The van der Waals surface area contributed by atoms with Crippen molar-refractivity contribution in [3.63, 3.8) is 0 Å². The zero-order valence-electron chi connectivity index (χ0n) is 16.8. The lowest BCUT2D eigenvalue weighted by molar-refractivity contribution is 0.102. The number of amides is 1. The van der Waals surface area contributed by atoms with Crippen molar-refractivity contribution in [3.05, 3.63) is 66.5 Å². The van der Waals surface area contributed by atoms with Gasteiger partial charge in [-0.1, -0.05) is 12.1 Å². The fraction of sp³-hybridized carbons (Fsp3) is 0.136. The Hall–Kier alpha value is -3.72. The maximum atomic E-state index is 12.5. The summed E-state index contributed by atoms with van der Waals surface area (Å²) >= 11 is 0. The maximum Gasteiger partial charge on any atom is 0.255 e. The highest BCUT2D eigenvalue weighted by molar-refractivity contribution is 7.92. The molecule has 0 fully saturated rings. The molecule has 0 aliphatic carbocycles. The topological polar surface area (TPSA) is 125 Å². The number of sulfone groups is 1. The van der Waals surface area contributed by atoms with Crippen LogP contribution in [0.5, 0.6) is 5.75 Å². The summed E-state index contributed by atoms with van der Waals surface area (Å²) in [6.45, 7) is 3.28. The molecular formula is C22H20N4O4S. The van der Waals surface area contributed by atoms with Crippen LogP contribution >= 0.6 is 0 Å². The number of phenols is 1. The number of hydrogen-bond donors (Lipinski definition) is 3. The summed E-state index contributed by atoms with van der Waals surface area (Å²) in [7, 11) is -3.36. The summed E-state index contributed by atoms with van der Waals surface area (Å²) < 4.78 is 24.6. The van der Waals surface area contributed by atoms with Gasteiger partial charge in [-0.15, -0.1) is 0 Å². The normalized spacial score (nSPS) is 11.7. The van der Waals surface area contributed by atoms with Crippen LogP contribution in [0.15, 0.2) is 65.8 Å². The number of carbonyl (C=O) groups is 1. The van der Waals surface area contributed by atoms with Crippen molar-refractivity contribution in [1.29, 1.82) is 0 Å². The van der Waals surface area contributed by atoms with E-state index in [9.17, 15) is 18.3 Å². The minimum atomic E-state index is -3.36. The predicted octanol–water partition coefficient (Wildman–Crippen LogP) is 3.76. The number of H-pyrrole nitrogens is 1. The number of aromatic hydroxyl groups is 1. The molecule has 4 aromatic rings. The van der Waals surface area contributed by atoms with Crippen molar-refractivity contribution < 1.29 is 18.3 Å². The summed E-state index contributed by atoms with van der Waals surface area (Å²) in [6, 6.07) is 12.4. The van der Waals surface area contributed by atoms with E-state index in [0.29, 0.717) is 33.7 Å². The van der Waals surface area contributed by atoms with E-state index in [1.807, 2.05) is 0 Å². The molecule has 0 saturated heterocycles. The Bertz CT molecular complexity index is 1360. The molecule has 158 valence electrons. The molecule has 2 aromatic heterocycles. The first-order valence-electron chi connectivity index (χ1n) is 9.54. The highest BCUT2D eigenvalue weighted by Gasteiger charge is 2.19. The Morgan fingerprint density at radius 3 is 2.39 bits per heavy atom. The van der Waals surface area contributed by atoms with Crippen molar-refractivity contribution in [2.45, 2.75) is 24.0 Å². The molecule has 0 bridgehead atoms. The Morgan fingerprint density at radius 1 is 1.06 bits per heavy atom. The predicted molar refractivity (Wildman–Crippen MR) is 118 cm³/mol. The van der Waals surface area contributed by atoms with E-state index in [-0.39, 0.29) is 16.6 Å². The molecule has 0 aliphatic rings. The van der Waals surface area contributed by atoms with Gasteiger partial charge in [-0.25, -0.2) is 18.4 Å². The number of aromatic amines is 1. The molecule has 2 aromatic carbocycles. The van der Waals surface area contributed by atoms with Gasteiger partial charge in [0, 0.05) is 17.3 Å². The Kier molecular flexibility index (Phi) is 5.20. The van der Waals surface area contributed by atoms with Crippen LogP contribution < -0.4 is 5.32 Å². The van der Waals surface area contributed by atoms with Gasteiger partial charge < -0.3 is 15.4 Å². The number of phenolic OH excluding ortho intramolecular Hbond substituents is 1. The molecule has 1 amide bonds. The van der Waals surface area contributed by atoms with Crippen molar-refractivity contribution in [1.82, 2.24) is 15.0 Å². The van der Waals surface area contributed by atoms with E-state index in [4.69, 9.17) is 0 Å². The summed E-state index contributed by atoms with van der Waals surface area (Å²) in [6.07, 6.45) is 3.18. The van der Waals surface area contributed by atoms with Crippen LogP contribution in [-0.4, -0.2) is 39.6 Å². The standard InChI is InChI=1S/C22H20N4O4S/c1-13(2)31(29,30)17-9-5-14(6-10-17)18-11-23-21-20(25-18)19(12-24-21)26-22(28)15-3-7-16(27)8-4-15/h3-13,27H,1-2H3,(H,23,24)(H,26,28). The highest BCUT2D eigenvalue weighted by atomic mass is 32.2. The number of rotatable bonds is 5. The number of carbonyl (C=O) groups excluding carboxylic acids is 1. The Labute approximate surface area is 178 Å². The SMILES string of the molecule is CC(C)S(=O)(=O)c1ccc(-c2cnc3[nH]cc(NC(=O)c4ccc(O)cc4)c3n2)cc1. The van der Waals surface area contributed by atoms with Gasteiger partial charge in [-0.2, -0.15) is 0 Å². The van der Waals surface area contributed by atoms with Crippen LogP contribution in [0.2, 0.25) is 0 Å². The molecule has 0 atom stereocenters. The summed E-state index contributed by atoms with van der Waals surface area (Å²) in [5.74, 6) is -0.275. The summed E-state index contributed by atoms with van der Waals surface area (Å²) in [5.41, 5.74) is 3.07. The first-order valence-corrected chi connectivity index (χ1v) is 11.1. The molecule has 9 heteroatoms. The lowest BCUT2D eigenvalue weighted by Crippen LogP contribution is -2.13. The monoisotopic (exact) mass is 436 g/mol. The quantitative estimate of drug-likeness (QED) is 0.437. The largest absolute Gasteiger partial charge is 0.508 e. The average molecular weight is 436 g/mol. The van der Waals surface area contributed by atoms with Gasteiger partial charge in [0.15, 0.2) is 15.5 Å². The number of hydrogen-bond acceptors (Lipinski definition) is 6. The number of nitrogens with zero attached hydrogens (tertiary/aromatic N) is 2. The highest BCUT2D eigenvalue weighted by Crippen LogP contribution is 2.26. The summed E-state index contributed by atoms with van der Waals surface area (Å²) in [5, 5.41) is 11.7. The lowest BCUT2D eigenvalue weighted by Gasteiger charge is -2.08. The second-order valence-corrected chi connectivity index (χ2v) is 9.78. The van der Waals surface area contributed by atoms with Gasteiger partial charge in [0.05, 0.1) is 27.7 Å². The Morgan fingerprint density at radius 2 is 1.74 bits per heavy atom. The molecule has 0 aliphatic heterocycles. The van der Waals surface area contributed by atoms with Crippen LogP contribution in [0.1, 0.15) is 24.2 Å². The van der Waals surface area contributed by atoms with Gasteiger partial charge in [0.2, 0.25) is 0 Å². The fourth-order valence-corrected chi connectivity index (χ4v) is 4.08. The third kappa shape index (κ3) is 3.99. The smallest absolute Gasteiger partial charge is 0.255 e. The van der Waals surface area contributed by atoms with Crippen LogP contribution in [0, 0.1) is 0 Å². The molecule has 3 N–H and O–H groups in total. The minimum absolute atomic E-state index is 0.0753. The molecule has 2 heterocycles. The van der Waals surface area contributed by atoms with Crippen molar-refractivity contribution in [2.75, 3.05) is 5.32 Å². The van der Waals surface area contributed by atoms with E-state index >= 15 is 0 Å². The van der Waals surface area contributed by atoms with E-state index in [2.05, 4.69) is 20.3 Å². The lowest BCUT2D eigenvalue weighted by atomic mass is 10.1. The van der Waals surface area contributed by atoms with Crippen molar-refractivity contribution in [2.24, 2.45) is 0 Å². The number of anilines is 1. The van der Waals surface area contributed by atoms with Gasteiger partial charge >= 0.3 is 0 Å². The van der Waals surface area contributed by atoms with Gasteiger partial charge in [0.1, 0.15) is 11.3 Å². The Balaban J connectivity index is 1.64. The molecule has 0 saturated carbocycles. The van der Waals surface area contributed by atoms with E-state index < -0.39 is 15.1 Å². The molecular weight excluding hydrogens is 416 g/mol. The van der Waals surface area contributed by atoms with Crippen LogP contribution in [-0.2, 0) is 9.84 Å². The molecule has 0 spiro atoms. The zero-order valence-corrected chi connectivity index (χ0v) is 17.6. The molecule has 8 nitrogen and oxygen atoms in total. The van der Waals surface area contributed by atoms with Gasteiger partial charge in [0.25, 0.3) is 5.91 Å². The average Bonchev–Trinajstić information content (AvgIpc) is 3.16. The second-order valence-electron chi connectivity index (χ2n) is 7.27. The number of aromatic nitrogens is 3. The van der Waals surface area contributed by atoms with Crippen molar-refractivity contribution in [3.8, 4) is 17.0 Å². The van der Waals surface area contributed by atoms with Crippen LogP contribution in [0.3, 0.4) is 0 Å². The third-order valence-corrected chi connectivity index (χ3v) is 7.03. The minimum Gasteiger partial charge on any atom is -0.508 e. The molecule has 31 heavy (non-hydrogen) atoms. The molecule has 0 radical (unpaired) electrons. The number of fused-ring (bicyclic) bond motifs is 1. The van der Waals surface area contributed by atoms with Crippen molar-refractivity contribution >= 4 is 32.6 Å². The summed E-state index contributed by atoms with van der Waals surface area (Å²) in [4.78, 5) is 24.7. The first-order chi connectivity index (χ1) is 14.8. The molecule has 4 rings (SSSR count). The third-order valence-electron chi connectivity index (χ3n) is 4.86. The van der Waals surface area contributed by atoms with E-state index in [0.717, 1.165) is 0 Å². The molecule has 0 unspecified atom stereocenters. The van der Waals surface area contributed by atoms with E-state index in [1.165, 1.54) is 24.3 Å².